The predicted octanol–water partition coefficient (Wildman–Crippen LogP) is 3.08. The van der Waals surface area contributed by atoms with Crippen molar-refractivity contribution in [1.82, 2.24) is 15.6 Å². The molecule has 3 rings (SSSR count). The molecule has 146 valence electrons. The number of rotatable bonds is 7. The van der Waals surface area contributed by atoms with Crippen LogP contribution in [0.25, 0.3) is 11.5 Å². The highest BCUT2D eigenvalue weighted by atomic mass is 32.1. The maximum Gasteiger partial charge on any atom is 0.312 e. The van der Waals surface area contributed by atoms with Crippen molar-refractivity contribution in [2.45, 2.75) is 45.1 Å². The first-order chi connectivity index (χ1) is 13.1. The summed E-state index contributed by atoms with van der Waals surface area (Å²) in [7, 11) is 0. The van der Waals surface area contributed by atoms with Crippen LogP contribution in [0, 0.1) is 5.92 Å². The summed E-state index contributed by atoms with van der Waals surface area (Å²) >= 11 is 1.39. The standard InChI is InChI=1S/C18H26N6O2S/c19-16(21-9-8-12-4-2-1-3-5-12)24-18-23-14(11-27-18)15-7-6-13(26-15)10-22-17(20)25/h6-7,11-12H,1-5,8-10H2,(H3,20,22,25)(H3,19,21,23,24). The normalized spacial score (nSPS) is 15.6. The number of carbonyl (C=O) groups excluding carboxylic acids is 1. The molecule has 2 amide bonds. The Labute approximate surface area is 162 Å². The molecule has 6 N–H and O–H groups in total. The van der Waals surface area contributed by atoms with Gasteiger partial charge in [-0.2, -0.15) is 4.99 Å². The van der Waals surface area contributed by atoms with E-state index in [9.17, 15) is 4.79 Å². The van der Waals surface area contributed by atoms with Crippen molar-refractivity contribution in [3.63, 3.8) is 0 Å². The minimum atomic E-state index is -0.593. The molecule has 0 unspecified atom stereocenters. The number of thiazole rings is 1. The molecule has 0 atom stereocenters. The molecule has 8 nitrogen and oxygen atoms in total. The zero-order valence-electron chi connectivity index (χ0n) is 15.2. The minimum Gasteiger partial charge on any atom is -0.458 e. The lowest BCUT2D eigenvalue weighted by molar-refractivity contribution is 0.247. The van der Waals surface area contributed by atoms with Crippen molar-refractivity contribution in [2.24, 2.45) is 22.4 Å². The Bertz CT molecular complexity index is 778. The molecule has 2 aromatic heterocycles. The summed E-state index contributed by atoms with van der Waals surface area (Å²) in [5.41, 5.74) is 11.7. The summed E-state index contributed by atoms with van der Waals surface area (Å²) in [6, 6.07) is 2.98. The number of nitrogens with two attached hydrogens (primary N) is 2. The van der Waals surface area contributed by atoms with Crippen molar-refractivity contribution in [1.29, 1.82) is 0 Å². The Morgan fingerprint density at radius 2 is 2.07 bits per heavy atom. The van der Waals surface area contributed by atoms with E-state index in [0.29, 0.717) is 28.3 Å². The van der Waals surface area contributed by atoms with E-state index in [2.05, 4.69) is 20.6 Å². The lowest BCUT2D eigenvalue weighted by Gasteiger charge is -2.21. The molecule has 1 aliphatic rings. The van der Waals surface area contributed by atoms with Gasteiger partial charge >= 0.3 is 6.03 Å². The monoisotopic (exact) mass is 390 g/mol. The number of urea groups is 1. The van der Waals surface area contributed by atoms with Gasteiger partial charge in [0.05, 0.1) is 6.54 Å². The molecule has 0 saturated heterocycles. The van der Waals surface area contributed by atoms with Gasteiger partial charge in [0.25, 0.3) is 0 Å². The fraction of sp³-hybridized carbons (Fsp3) is 0.500. The summed E-state index contributed by atoms with van der Waals surface area (Å²) in [5, 5.41) is 8.09. The van der Waals surface area contributed by atoms with Crippen LogP contribution in [0.15, 0.2) is 26.9 Å². The number of primary amides is 1. The highest BCUT2D eigenvalue weighted by molar-refractivity contribution is 7.13. The number of furan rings is 1. The smallest absolute Gasteiger partial charge is 0.312 e. The Morgan fingerprint density at radius 3 is 2.85 bits per heavy atom. The van der Waals surface area contributed by atoms with Gasteiger partial charge in [0.15, 0.2) is 11.7 Å². The maximum absolute atomic E-state index is 10.7. The van der Waals surface area contributed by atoms with E-state index in [1.54, 1.807) is 12.1 Å². The maximum atomic E-state index is 10.7. The molecule has 1 aliphatic carbocycles. The van der Waals surface area contributed by atoms with Gasteiger partial charge in [0.1, 0.15) is 11.5 Å². The van der Waals surface area contributed by atoms with Gasteiger partial charge in [0.2, 0.25) is 5.13 Å². The van der Waals surface area contributed by atoms with E-state index in [1.807, 2.05) is 5.38 Å². The van der Waals surface area contributed by atoms with E-state index >= 15 is 0 Å². The molecule has 27 heavy (non-hydrogen) atoms. The highest BCUT2D eigenvalue weighted by Crippen LogP contribution is 2.28. The first kappa shape index (κ1) is 19.2. The lowest BCUT2D eigenvalue weighted by atomic mass is 9.87. The number of nitrogens with one attached hydrogen (secondary N) is 2. The van der Waals surface area contributed by atoms with Crippen LogP contribution in [0.5, 0.6) is 0 Å². The van der Waals surface area contributed by atoms with Gasteiger partial charge in [-0.05, 0) is 24.5 Å². The molecule has 0 radical (unpaired) electrons. The third kappa shape index (κ3) is 5.99. The Hall–Kier alpha value is -2.55. The Kier molecular flexibility index (Phi) is 6.69. The van der Waals surface area contributed by atoms with Crippen LogP contribution in [0.2, 0.25) is 0 Å². The van der Waals surface area contributed by atoms with Crippen LogP contribution >= 0.6 is 11.3 Å². The number of carbonyl (C=O) groups is 1. The fourth-order valence-corrected chi connectivity index (χ4v) is 3.92. The Balaban J connectivity index is 1.50. The first-order valence-corrected chi connectivity index (χ1v) is 10.1. The molecule has 1 fully saturated rings. The second-order valence-corrected chi connectivity index (χ2v) is 7.55. The minimum absolute atomic E-state index is 0.238. The van der Waals surface area contributed by atoms with Crippen LogP contribution in [0.4, 0.5) is 9.93 Å². The van der Waals surface area contributed by atoms with E-state index in [1.165, 1.54) is 43.4 Å². The number of aliphatic imine (C=N–C) groups is 1. The molecule has 0 aromatic carbocycles. The predicted molar refractivity (Wildman–Crippen MR) is 107 cm³/mol. The summed E-state index contributed by atoms with van der Waals surface area (Å²) in [5.74, 6) is 2.41. The molecule has 2 heterocycles. The quantitative estimate of drug-likeness (QED) is 0.426. The molecule has 2 aromatic rings. The summed E-state index contributed by atoms with van der Waals surface area (Å²) in [6.45, 7) is 1.08. The third-order valence-electron chi connectivity index (χ3n) is 4.64. The van der Waals surface area contributed by atoms with Gasteiger partial charge in [-0.25, -0.2) is 9.78 Å². The third-order valence-corrected chi connectivity index (χ3v) is 5.38. The Morgan fingerprint density at radius 1 is 1.26 bits per heavy atom. The van der Waals surface area contributed by atoms with Gasteiger partial charge in [0, 0.05) is 11.9 Å². The SMILES string of the molecule is NC(=O)NCc1ccc(-c2csc(/N=C(\N)NCCC3CCCCC3)n2)o1. The number of aromatic nitrogens is 1. The van der Waals surface area contributed by atoms with Crippen LogP contribution in [-0.4, -0.2) is 23.5 Å². The van der Waals surface area contributed by atoms with Crippen LogP contribution in [-0.2, 0) is 6.54 Å². The average Bonchev–Trinajstić information content (AvgIpc) is 3.30. The summed E-state index contributed by atoms with van der Waals surface area (Å²) in [4.78, 5) is 19.5. The molecule has 0 aliphatic heterocycles. The molecule has 0 spiro atoms. The molecule has 1 saturated carbocycles. The second kappa shape index (κ2) is 9.40. The second-order valence-electron chi connectivity index (χ2n) is 6.72. The molecular weight excluding hydrogens is 364 g/mol. The molecule has 9 heteroatoms. The molecule has 0 bridgehead atoms. The zero-order chi connectivity index (χ0) is 19.1. The lowest BCUT2D eigenvalue weighted by Crippen LogP contribution is -2.33. The van der Waals surface area contributed by atoms with Gasteiger partial charge in [-0.3, -0.25) is 0 Å². The van der Waals surface area contributed by atoms with Crippen molar-refractivity contribution in [3.8, 4) is 11.5 Å². The topological polar surface area (TPSA) is 132 Å². The zero-order valence-corrected chi connectivity index (χ0v) is 16.1. The van der Waals surface area contributed by atoms with Gasteiger partial charge in [-0.1, -0.05) is 32.1 Å². The number of amides is 2. The van der Waals surface area contributed by atoms with E-state index in [0.717, 1.165) is 18.9 Å². The summed E-state index contributed by atoms with van der Waals surface area (Å²) < 4.78 is 5.65. The van der Waals surface area contributed by atoms with E-state index in [-0.39, 0.29) is 6.54 Å². The van der Waals surface area contributed by atoms with Crippen LogP contribution in [0.1, 0.15) is 44.3 Å². The largest absolute Gasteiger partial charge is 0.458 e. The number of nitrogens with zero attached hydrogens (tertiary/aromatic N) is 2. The average molecular weight is 391 g/mol. The number of guanidine groups is 1. The van der Waals surface area contributed by atoms with Crippen molar-refractivity contribution in [3.05, 3.63) is 23.3 Å². The van der Waals surface area contributed by atoms with Crippen molar-refractivity contribution >= 4 is 28.5 Å². The molecular formula is C18H26N6O2S. The highest BCUT2D eigenvalue weighted by Gasteiger charge is 2.13. The first-order valence-electron chi connectivity index (χ1n) is 9.26. The van der Waals surface area contributed by atoms with Gasteiger partial charge < -0.3 is 26.5 Å². The van der Waals surface area contributed by atoms with Crippen molar-refractivity contribution < 1.29 is 9.21 Å². The van der Waals surface area contributed by atoms with Crippen molar-refractivity contribution in [2.75, 3.05) is 6.54 Å². The van der Waals surface area contributed by atoms with Crippen LogP contribution < -0.4 is 22.1 Å². The summed E-state index contributed by atoms with van der Waals surface area (Å²) in [6.07, 6.45) is 7.86. The van der Waals surface area contributed by atoms with E-state index in [4.69, 9.17) is 15.9 Å². The number of hydrogen-bond acceptors (Lipinski definition) is 5. The van der Waals surface area contributed by atoms with E-state index < -0.39 is 6.03 Å². The number of hydrogen-bond donors (Lipinski definition) is 4. The van der Waals surface area contributed by atoms with Crippen LogP contribution in [0.3, 0.4) is 0 Å². The fourth-order valence-electron chi connectivity index (χ4n) is 3.24. The van der Waals surface area contributed by atoms with Gasteiger partial charge in [-0.15, -0.1) is 11.3 Å².